The maximum atomic E-state index is 13.2. The van der Waals surface area contributed by atoms with E-state index in [-0.39, 0.29) is 18.1 Å². The van der Waals surface area contributed by atoms with Crippen LogP contribution >= 0.6 is 0 Å². The molecule has 20 heavy (non-hydrogen) atoms. The fourth-order valence-corrected chi connectivity index (χ4v) is 2.04. The topological polar surface area (TPSA) is 46.9 Å². The molecule has 0 unspecified atom stereocenters. The van der Waals surface area contributed by atoms with Gasteiger partial charge in [0.1, 0.15) is 11.6 Å². The van der Waals surface area contributed by atoms with E-state index in [0.717, 1.165) is 17.9 Å². The van der Waals surface area contributed by atoms with Crippen molar-refractivity contribution in [3.05, 3.63) is 53.4 Å². The summed E-state index contributed by atoms with van der Waals surface area (Å²) < 4.78 is 15.1. The van der Waals surface area contributed by atoms with Crippen molar-refractivity contribution in [3.63, 3.8) is 0 Å². The van der Waals surface area contributed by atoms with Crippen LogP contribution in [0.5, 0.6) is 0 Å². The molecule has 1 aromatic carbocycles. The zero-order valence-corrected chi connectivity index (χ0v) is 11.7. The number of halogens is 1. The summed E-state index contributed by atoms with van der Waals surface area (Å²) in [5, 5.41) is 2.81. The van der Waals surface area contributed by atoms with Crippen LogP contribution < -0.4 is 5.32 Å². The predicted octanol–water partition coefficient (Wildman–Crippen LogP) is 2.21. The first-order chi connectivity index (χ1) is 9.60. The molecule has 106 valence electrons. The Hall–Kier alpha value is -2.17. The van der Waals surface area contributed by atoms with Crippen molar-refractivity contribution in [2.24, 2.45) is 0 Å². The Bertz CT molecular complexity index is 607. The van der Waals surface area contributed by atoms with Gasteiger partial charge in [-0.05, 0) is 37.1 Å². The number of amides is 1. The molecule has 0 saturated heterocycles. The molecule has 0 fully saturated rings. The summed E-state index contributed by atoms with van der Waals surface area (Å²) in [5.41, 5.74) is 1.62. The molecule has 1 heterocycles. The Labute approximate surface area is 117 Å². The van der Waals surface area contributed by atoms with Crippen molar-refractivity contribution in [2.75, 3.05) is 0 Å². The predicted molar refractivity (Wildman–Crippen MR) is 74.6 cm³/mol. The van der Waals surface area contributed by atoms with Crippen LogP contribution in [0.1, 0.15) is 23.9 Å². The molecule has 0 spiro atoms. The summed E-state index contributed by atoms with van der Waals surface area (Å²) in [6.07, 6.45) is 3.76. The zero-order chi connectivity index (χ0) is 14.5. The third-order valence-corrected chi connectivity index (χ3v) is 3.25. The second kappa shape index (κ2) is 6.32. The zero-order valence-electron chi connectivity index (χ0n) is 11.7. The lowest BCUT2D eigenvalue weighted by Crippen LogP contribution is -2.26. The first-order valence-electron chi connectivity index (χ1n) is 6.62. The molecular weight excluding hydrogens is 257 g/mol. The van der Waals surface area contributed by atoms with E-state index in [0.29, 0.717) is 12.1 Å². The van der Waals surface area contributed by atoms with Gasteiger partial charge in [-0.1, -0.05) is 6.07 Å². The average molecular weight is 275 g/mol. The maximum absolute atomic E-state index is 13.2. The van der Waals surface area contributed by atoms with Gasteiger partial charge >= 0.3 is 0 Å². The van der Waals surface area contributed by atoms with Crippen LogP contribution in [0.3, 0.4) is 0 Å². The van der Waals surface area contributed by atoms with Crippen LogP contribution in [0.15, 0.2) is 30.6 Å². The molecule has 5 heteroatoms. The number of hydrogen-bond donors (Lipinski definition) is 1. The van der Waals surface area contributed by atoms with Gasteiger partial charge in [-0.3, -0.25) is 4.79 Å². The number of carbonyl (C=O) groups is 1. The molecule has 0 aliphatic carbocycles. The number of benzene rings is 1. The SMILES string of the molecule is CCn1ccnc1CNC(=O)Cc1cc(F)ccc1C. The van der Waals surface area contributed by atoms with Gasteiger partial charge in [0.15, 0.2) is 0 Å². The molecule has 0 aliphatic heterocycles. The molecule has 0 bridgehead atoms. The molecule has 0 saturated carbocycles. The second-order valence-electron chi connectivity index (χ2n) is 4.65. The summed E-state index contributed by atoms with van der Waals surface area (Å²) in [7, 11) is 0. The van der Waals surface area contributed by atoms with Crippen LogP contribution in [0.4, 0.5) is 4.39 Å². The molecule has 2 aromatic rings. The third-order valence-electron chi connectivity index (χ3n) is 3.25. The third kappa shape index (κ3) is 3.44. The van der Waals surface area contributed by atoms with Gasteiger partial charge < -0.3 is 9.88 Å². The minimum atomic E-state index is -0.320. The number of nitrogens with zero attached hydrogens (tertiary/aromatic N) is 2. The fourth-order valence-electron chi connectivity index (χ4n) is 2.04. The lowest BCUT2D eigenvalue weighted by molar-refractivity contribution is -0.120. The normalized spacial score (nSPS) is 10.6. The number of carbonyl (C=O) groups excluding carboxylic acids is 1. The smallest absolute Gasteiger partial charge is 0.224 e. The van der Waals surface area contributed by atoms with Crippen LogP contribution in [0.2, 0.25) is 0 Å². The van der Waals surface area contributed by atoms with Gasteiger partial charge in [0.25, 0.3) is 0 Å². The molecule has 1 aromatic heterocycles. The van der Waals surface area contributed by atoms with E-state index in [2.05, 4.69) is 10.3 Å². The molecular formula is C15H18FN3O. The standard InChI is InChI=1S/C15H18FN3O/c1-3-19-7-6-17-14(19)10-18-15(20)9-12-8-13(16)5-4-11(12)2/h4-8H,3,9-10H2,1-2H3,(H,18,20). The average Bonchev–Trinajstić information content (AvgIpc) is 2.88. The number of nitrogens with one attached hydrogen (secondary N) is 1. The van der Waals surface area contributed by atoms with Crippen molar-refractivity contribution < 1.29 is 9.18 Å². The minimum absolute atomic E-state index is 0.135. The Morgan fingerprint density at radius 2 is 2.25 bits per heavy atom. The molecule has 1 N–H and O–H groups in total. The molecule has 0 aliphatic rings. The van der Waals surface area contributed by atoms with Crippen molar-refractivity contribution in [3.8, 4) is 0 Å². The van der Waals surface area contributed by atoms with E-state index in [1.165, 1.54) is 12.1 Å². The van der Waals surface area contributed by atoms with Gasteiger partial charge in [-0.2, -0.15) is 0 Å². The van der Waals surface area contributed by atoms with Crippen LogP contribution in [0, 0.1) is 12.7 Å². The summed E-state index contributed by atoms with van der Waals surface area (Å²) in [5.74, 6) is 0.362. The van der Waals surface area contributed by atoms with Crippen molar-refractivity contribution in [1.82, 2.24) is 14.9 Å². The van der Waals surface area contributed by atoms with E-state index < -0.39 is 0 Å². The minimum Gasteiger partial charge on any atom is -0.349 e. The van der Waals surface area contributed by atoms with Crippen LogP contribution in [0.25, 0.3) is 0 Å². The summed E-state index contributed by atoms with van der Waals surface area (Å²) in [6.45, 7) is 5.08. The Morgan fingerprint density at radius 1 is 1.45 bits per heavy atom. The summed E-state index contributed by atoms with van der Waals surface area (Å²) in [4.78, 5) is 16.1. The largest absolute Gasteiger partial charge is 0.349 e. The highest BCUT2D eigenvalue weighted by molar-refractivity contribution is 5.78. The Kier molecular flexibility index (Phi) is 4.50. The second-order valence-corrected chi connectivity index (χ2v) is 4.65. The van der Waals surface area contributed by atoms with Gasteiger partial charge in [0, 0.05) is 18.9 Å². The maximum Gasteiger partial charge on any atom is 0.224 e. The fraction of sp³-hybridized carbons (Fsp3) is 0.333. The highest BCUT2D eigenvalue weighted by Crippen LogP contribution is 2.11. The molecule has 0 radical (unpaired) electrons. The summed E-state index contributed by atoms with van der Waals surface area (Å²) in [6, 6.07) is 4.48. The van der Waals surface area contributed by atoms with Crippen molar-refractivity contribution in [1.29, 1.82) is 0 Å². The number of imidazole rings is 1. The highest BCUT2D eigenvalue weighted by Gasteiger charge is 2.08. The lowest BCUT2D eigenvalue weighted by Gasteiger charge is -2.08. The van der Waals surface area contributed by atoms with Gasteiger partial charge in [-0.25, -0.2) is 9.37 Å². The monoisotopic (exact) mass is 275 g/mol. The lowest BCUT2D eigenvalue weighted by atomic mass is 10.1. The summed E-state index contributed by atoms with van der Waals surface area (Å²) >= 11 is 0. The van der Waals surface area contributed by atoms with E-state index in [4.69, 9.17) is 0 Å². The van der Waals surface area contributed by atoms with Gasteiger partial charge in [-0.15, -0.1) is 0 Å². The van der Waals surface area contributed by atoms with Crippen molar-refractivity contribution in [2.45, 2.75) is 33.4 Å². The van der Waals surface area contributed by atoms with E-state index in [1.807, 2.05) is 24.6 Å². The Morgan fingerprint density at radius 3 is 3.00 bits per heavy atom. The number of hydrogen-bond acceptors (Lipinski definition) is 2. The molecule has 0 atom stereocenters. The highest BCUT2D eigenvalue weighted by atomic mass is 19.1. The van der Waals surface area contributed by atoms with E-state index in [9.17, 15) is 9.18 Å². The van der Waals surface area contributed by atoms with Gasteiger partial charge in [0.2, 0.25) is 5.91 Å². The molecule has 4 nitrogen and oxygen atoms in total. The van der Waals surface area contributed by atoms with Gasteiger partial charge in [0.05, 0.1) is 13.0 Å². The first-order valence-corrected chi connectivity index (χ1v) is 6.62. The molecule has 2 rings (SSSR count). The molecule has 1 amide bonds. The van der Waals surface area contributed by atoms with Crippen molar-refractivity contribution >= 4 is 5.91 Å². The van der Waals surface area contributed by atoms with E-state index in [1.54, 1.807) is 12.3 Å². The number of aromatic nitrogens is 2. The first kappa shape index (κ1) is 14.2. The number of aryl methyl sites for hydroxylation is 2. The quantitative estimate of drug-likeness (QED) is 0.909. The Balaban J connectivity index is 1.94. The number of rotatable bonds is 5. The van der Waals surface area contributed by atoms with Crippen LogP contribution in [-0.4, -0.2) is 15.5 Å². The van der Waals surface area contributed by atoms with E-state index >= 15 is 0 Å². The van der Waals surface area contributed by atoms with Crippen LogP contribution in [-0.2, 0) is 24.3 Å².